The van der Waals surface area contributed by atoms with Crippen molar-refractivity contribution in [3.63, 3.8) is 0 Å². The van der Waals surface area contributed by atoms with E-state index in [1.54, 1.807) is 22.1 Å². The lowest BCUT2D eigenvalue weighted by Crippen LogP contribution is -2.39. The van der Waals surface area contributed by atoms with Gasteiger partial charge < -0.3 is 5.73 Å². The van der Waals surface area contributed by atoms with Crippen LogP contribution in [0.15, 0.2) is 11.2 Å². The van der Waals surface area contributed by atoms with Crippen LogP contribution in [0.25, 0.3) is 0 Å². The Morgan fingerprint density at radius 2 is 2.25 bits per heavy atom. The Morgan fingerprint density at radius 1 is 1.50 bits per heavy atom. The summed E-state index contributed by atoms with van der Waals surface area (Å²) in [5.41, 5.74) is 6.54. The minimum absolute atomic E-state index is 0.341. The van der Waals surface area contributed by atoms with Crippen molar-refractivity contribution in [2.45, 2.75) is 24.9 Å². The van der Waals surface area contributed by atoms with Gasteiger partial charge in [0.05, 0.1) is 6.26 Å². The number of piperidine rings is 1. The van der Waals surface area contributed by atoms with E-state index in [9.17, 15) is 8.42 Å². The Morgan fingerprint density at radius 3 is 2.90 bits per heavy atom. The number of anilines is 1. The van der Waals surface area contributed by atoms with Crippen LogP contribution in [-0.4, -0.2) is 47.8 Å². The third-order valence-corrected chi connectivity index (χ3v) is 5.60. The van der Waals surface area contributed by atoms with Crippen molar-refractivity contribution in [3.05, 3.63) is 11.8 Å². The first-order valence-corrected chi connectivity index (χ1v) is 9.37. The maximum absolute atomic E-state index is 11.6. The summed E-state index contributed by atoms with van der Waals surface area (Å²) in [5.74, 6) is 1.63. The fourth-order valence-corrected chi connectivity index (χ4v) is 4.26. The van der Waals surface area contributed by atoms with Gasteiger partial charge in [0.25, 0.3) is 0 Å². The molecule has 1 unspecified atom stereocenters. The van der Waals surface area contributed by atoms with E-state index in [2.05, 4.69) is 9.97 Å². The molecule has 0 aliphatic carbocycles. The number of aryl methyl sites for hydroxylation is 1. The van der Waals surface area contributed by atoms with E-state index in [0.717, 1.165) is 24.3 Å². The third kappa shape index (κ3) is 4.32. The summed E-state index contributed by atoms with van der Waals surface area (Å²) >= 11 is 1.54. The van der Waals surface area contributed by atoms with Gasteiger partial charge in [0.1, 0.15) is 5.82 Å². The van der Waals surface area contributed by atoms with Gasteiger partial charge in [0.15, 0.2) is 5.16 Å². The minimum atomic E-state index is -3.08. The first kappa shape index (κ1) is 15.5. The number of rotatable bonds is 4. The first-order valence-electron chi connectivity index (χ1n) is 6.53. The highest BCUT2D eigenvalue weighted by atomic mass is 32.2. The molecule has 1 saturated heterocycles. The maximum Gasteiger partial charge on any atom is 0.211 e. The molecule has 0 aromatic carbocycles. The Kier molecular flexibility index (Phi) is 4.87. The van der Waals surface area contributed by atoms with Gasteiger partial charge in [0, 0.05) is 30.6 Å². The van der Waals surface area contributed by atoms with Gasteiger partial charge in [-0.2, -0.15) is 0 Å². The van der Waals surface area contributed by atoms with Gasteiger partial charge in [-0.05, 0) is 25.7 Å². The molecule has 1 aromatic rings. The molecule has 1 aromatic heterocycles. The molecule has 112 valence electrons. The molecule has 1 atom stereocenters. The van der Waals surface area contributed by atoms with E-state index in [1.165, 1.54) is 6.26 Å². The summed E-state index contributed by atoms with van der Waals surface area (Å²) in [5, 5.41) is 0.666. The zero-order valence-electron chi connectivity index (χ0n) is 11.7. The number of nitrogens with two attached hydrogens (primary N) is 1. The van der Waals surface area contributed by atoms with Crippen molar-refractivity contribution in [2.75, 3.05) is 30.8 Å². The number of aromatic nitrogens is 2. The topological polar surface area (TPSA) is 89.2 Å². The van der Waals surface area contributed by atoms with Crippen LogP contribution in [0, 0.1) is 12.8 Å². The summed E-state index contributed by atoms with van der Waals surface area (Å²) in [7, 11) is -3.08. The van der Waals surface area contributed by atoms with Crippen molar-refractivity contribution >= 4 is 27.6 Å². The molecule has 0 saturated carbocycles. The van der Waals surface area contributed by atoms with Gasteiger partial charge in [-0.1, -0.05) is 11.8 Å². The third-order valence-electron chi connectivity index (χ3n) is 3.25. The molecule has 20 heavy (non-hydrogen) atoms. The average molecular weight is 316 g/mol. The molecule has 6 nitrogen and oxygen atoms in total. The molecule has 2 rings (SSSR count). The summed E-state index contributed by atoms with van der Waals surface area (Å²) < 4.78 is 24.7. The van der Waals surface area contributed by atoms with Gasteiger partial charge >= 0.3 is 0 Å². The second-order valence-electron chi connectivity index (χ2n) is 5.16. The number of sulfonamides is 1. The van der Waals surface area contributed by atoms with Gasteiger partial charge in [-0.25, -0.2) is 22.7 Å². The fraction of sp³-hybridized carbons (Fsp3) is 0.667. The van der Waals surface area contributed by atoms with E-state index < -0.39 is 10.0 Å². The Hall–Kier alpha value is -0.860. The molecule has 1 fully saturated rings. The normalized spacial score (nSPS) is 21.0. The smallest absolute Gasteiger partial charge is 0.211 e. The maximum atomic E-state index is 11.6. The number of hydrogen-bond donors (Lipinski definition) is 1. The van der Waals surface area contributed by atoms with E-state index >= 15 is 0 Å². The highest BCUT2D eigenvalue weighted by Gasteiger charge is 2.26. The lowest BCUT2D eigenvalue weighted by molar-refractivity contribution is 0.286. The molecule has 2 N–H and O–H groups in total. The van der Waals surface area contributed by atoms with E-state index in [0.29, 0.717) is 30.0 Å². The molecular weight excluding hydrogens is 296 g/mol. The lowest BCUT2D eigenvalue weighted by Gasteiger charge is -2.30. The predicted octanol–water partition coefficient (Wildman–Crippen LogP) is 1.13. The van der Waals surface area contributed by atoms with Crippen molar-refractivity contribution in [3.8, 4) is 0 Å². The van der Waals surface area contributed by atoms with Gasteiger partial charge in [-0.3, -0.25) is 0 Å². The molecule has 1 aliphatic rings. The zero-order chi connectivity index (χ0) is 14.8. The van der Waals surface area contributed by atoms with Crippen LogP contribution >= 0.6 is 11.8 Å². The molecule has 0 amide bonds. The van der Waals surface area contributed by atoms with Crippen LogP contribution in [0.3, 0.4) is 0 Å². The Bertz CT molecular complexity index is 557. The van der Waals surface area contributed by atoms with Crippen LogP contribution in [0.2, 0.25) is 0 Å². The van der Waals surface area contributed by atoms with Gasteiger partial charge in [-0.15, -0.1) is 0 Å². The second kappa shape index (κ2) is 6.28. The fourth-order valence-electron chi connectivity index (χ4n) is 2.29. The molecule has 1 aliphatic heterocycles. The Labute approximate surface area is 124 Å². The highest BCUT2D eigenvalue weighted by Crippen LogP contribution is 2.25. The monoisotopic (exact) mass is 316 g/mol. The number of hydrogen-bond acceptors (Lipinski definition) is 6. The summed E-state index contributed by atoms with van der Waals surface area (Å²) in [6.07, 6.45) is 3.22. The quantitative estimate of drug-likeness (QED) is 0.661. The largest absolute Gasteiger partial charge is 0.384 e. The molecule has 0 radical (unpaired) electrons. The summed E-state index contributed by atoms with van der Waals surface area (Å²) in [6, 6.07) is 1.73. The summed E-state index contributed by atoms with van der Waals surface area (Å²) in [4.78, 5) is 8.51. The Balaban J connectivity index is 1.93. The average Bonchev–Trinajstić information content (AvgIpc) is 2.35. The minimum Gasteiger partial charge on any atom is -0.384 e. The zero-order valence-corrected chi connectivity index (χ0v) is 13.4. The predicted molar refractivity (Wildman–Crippen MR) is 81.0 cm³/mol. The SMILES string of the molecule is Cc1cc(N)nc(SCC2CCCN(S(C)(=O)=O)C2)n1. The van der Waals surface area contributed by atoms with Gasteiger partial charge in [0.2, 0.25) is 10.0 Å². The first-order chi connectivity index (χ1) is 9.34. The molecular formula is C12H20N4O2S2. The van der Waals surface area contributed by atoms with Crippen molar-refractivity contribution in [1.82, 2.24) is 14.3 Å². The van der Waals surface area contributed by atoms with E-state index in [-0.39, 0.29) is 0 Å². The second-order valence-corrected chi connectivity index (χ2v) is 8.13. The summed E-state index contributed by atoms with van der Waals surface area (Å²) in [6.45, 7) is 3.11. The number of nitrogens with zero attached hydrogens (tertiary/aromatic N) is 3. The van der Waals surface area contributed by atoms with Crippen LogP contribution in [0.4, 0.5) is 5.82 Å². The lowest BCUT2D eigenvalue weighted by atomic mass is 10.0. The van der Waals surface area contributed by atoms with Crippen molar-refractivity contribution in [2.24, 2.45) is 5.92 Å². The van der Waals surface area contributed by atoms with Crippen LogP contribution in [0.1, 0.15) is 18.5 Å². The van der Waals surface area contributed by atoms with Crippen molar-refractivity contribution < 1.29 is 8.42 Å². The molecule has 0 spiro atoms. The molecule has 0 bridgehead atoms. The van der Waals surface area contributed by atoms with Crippen LogP contribution < -0.4 is 5.73 Å². The molecule has 8 heteroatoms. The van der Waals surface area contributed by atoms with Crippen molar-refractivity contribution in [1.29, 1.82) is 0 Å². The van der Waals surface area contributed by atoms with E-state index in [4.69, 9.17) is 5.73 Å². The van der Waals surface area contributed by atoms with Crippen LogP contribution in [0.5, 0.6) is 0 Å². The highest BCUT2D eigenvalue weighted by molar-refractivity contribution is 7.99. The molecule has 2 heterocycles. The van der Waals surface area contributed by atoms with Crippen LogP contribution in [-0.2, 0) is 10.0 Å². The van der Waals surface area contributed by atoms with E-state index in [1.807, 2.05) is 6.92 Å². The number of nitrogen functional groups attached to an aromatic ring is 1. The number of thioether (sulfide) groups is 1. The standard InChI is InChI=1S/C12H20N4O2S2/c1-9-6-11(13)15-12(14-9)19-8-10-4-3-5-16(7-10)20(2,17)18/h6,10H,3-5,7-8H2,1-2H3,(H2,13,14,15).